The van der Waals surface area contributed by atoms with Crippen LogP contribution in [0.5, 0.6) is 5.75 Å². The Morgan fingerprint density at radius 2 is 1.55 bits per heavy atom. The van der Waals surface area contributed by atoms with Crippen LogP contribution in [0.3, 0.4) is 0 Å². The van der Waals surface area contributed by atoms with Gasteiger partial charge in [-0.15, -0.1) is 0 Å². The van der Waals surface area contributed by atoms with Crippen molar-refractivity contribution >= 4 is 40.4 Å². The van der Waals surface area contributed by atoms with Crippen molar-refractivity contribution in [2.24, 2.45) is 0 Å². The van der Waals surface area contributed by atoms with Crippen molar-refractivity contribution in [3.63, 3.8) is 0 Å². The largest absolute Gasteiger partial charge is 0.494 e. The van der Waals surface area contributed by atoms with E-state index in [9.17, 15) is 9.59 Å². The summed E-state index contributed by atoms with van der Waals surface area (Å²) < 4.78 is 5.50. The van der Waals surface area contributed by atoms with E-state index >= 15 is 0 Å². The number of amides is 2. The number of halogens is 1. The summed E-state index contributed by atoms with van der Waals surface area (Å²) in [5.41, 5.74) is 5.33. The second kappa shape index (κ2) is 9.12. The summed E-state index contributed by atoms with van der Waals surface area (Å²) in [4.78, 5) is 28.5. The Morgan fingerprint density at radius 3 is 2.21 bits per heavy atom. The molecule has 4 rings (SSSR count). The first-order chi connectivity index (χ1) is 15.8. The standard InChI is InChI=1S/C27H25ClN2O3/c1-5-33-22-12-10-21(11-13-22)29-25-24(19-8-6-16(2)18(4)14-19)26(31)30(27(25)32)23-15-20(28)9-7-17(23)3/h6-15,29H,5H2,1-4H3. The Kier molecular flexibility index (Phi) is 6.25. The summed E-state index contributed by atoms with van der Waals surface area (Å²) in [5.74, 6) is -0.0778. The maximum absolute atomic E-state index is 13.7. The molecule has 0 bridgehead atoms. The Bertz CT molecular complexity index is 1280. The molecule has 1 heterocycles. The van der Waals surface area contributed by atoms with Gasteiger partial charge in [0.15, 0.2) is 0 Å². The highest BCUT2D eigenvalue weighted by molar-refractivity contribution is 6.46. The first-order valence-corrected chi connectivity index (χ1v) is 11.1. The third-order valence-electron chi connectivity index (χ3n) is 5.73. The Balaban J connectivity index is 1.82. The first-order valence-electron chi connectivity index (χ1n) is 10.8. The lowest BCUT2D eigenvalue weighted by atomic mass is 9.99. The maximum Gasteiger partial charge on any atom is 0.282 e. The third kappa shape index (κ3) is 4.37. The number of nitrogens with one attached hydrogen (secondary N) is 1. The van der Waals surface area contributed by atoms with E-state index in [1.54, 1.807) is 18.2 Å². The molecule has 0 saturated heterocycles. The summed E-state index contributed by atoms with van der Waals surface area (Å²) in [5, 5.41) is 3.64. The SMILES string of the molecule is CCOc1ccc(NC2=C(c3ccc(C)c(C)c3)C(=O)N(c3cc(Cl)ccc3C)C2=O)cc1. The van der Waals surface area contributed by atoms with E-state index in [0.29, 0.717) is 34.1 Å². The molecule has 0 saturated carbocycles. The molecule has 5 nitrogen and oxygen atoms in total. The number of hydrogen-bond acceptors (Lipinski definition) is 4. The summed E-state index contributed by atoms with van der Waals surface area (Å²) in [6, 6.07) is 18.2. The van der Waals surface area contributed by atoms with Crippen LogP contribution in [0.25, 0.3) is 5.57 Å². The molecule has 0 atom stereocenters. The molecule has 1 aliphatic heterocycles. The number of carbonyl (C=O) groups excluding carboxylic acids is 2. The molecule has 0 radical (unpaired) electrons. The van der Waals surface area contributed by atoms with Crippen molar-refractivity contribution in [3.8, 4) is 5.75 Å². The Labute approximate surface area is 198 Å². The number of ether oxygens (including phenoxy) is 1. The normalized spacial score (nSPS) is 13.7. The van der Waals surface area contributed by atoms with Crippen LogP contribution in [0.1, 0.15) is 29.2 Å². The van der Waals surface area contributed by atoms with Crippen LogP contribution in [0, 0.1) is 20.8 Å². The molecular formula is C27H25ClN2O3. The minimum Gasteiger partial charge on any atom is -0.494 e. The molecule has 6 heteroatoms. The molecule has 2 amide bonds. The number of benzene rings is 3. The zero-order valence-electron chi connectivity index (χ0n) is 19.0. The number of carbonyl (C=O) groups is 2. The smallest absolute Gasteiger partial charge is 0.282 e. The van der Waals surface area contributed by atoms with Crippen molar-refractivity contribution in [2.45, 2.75) is 27.7 Å². The molecule has 0 aliphatic carbocycles. The van der Waals surface area contributed by atoms with E-state index in [2.05, 4.69) is 5.32 Å². The maximum atomic E-state index is 13.7. The fourth-order valence-corrected chi connectivity index (χ4v) is 3.96. The van der Waals surface area contributed by atoms with Crippen molar-refractivity contribution in [3.05, 3.63) is 93.6 Å². The van der Waals surface area contributed by atoms with Crippen LogP contribution in [-0.4, -0.2) is 18.4 Å². The number of anilines is 2. The molecule has 0 aromatic heterocycles. The number of aryl methyl sites for hydroxylation is 3. The van der Waals surface area contributed by atoms with Gasteiger partial charge in [-0.2, -0.15) is 0 Å². The highest BCUT2D eigenvalue weighted by atomic mass is 35.5. The van der Waals surface area contributed by atoms with Crippen LogP contribution < -0.4 is 15.0 Å². The molecule has 0 fully saturated rings. The average molecular weight is 461 g/mol. The monoisotopic (exact) mass is 460 g/mol. The van der Waals surface area contributed by atoms with Gasteiger partial charge in [0.05, 0.1) is 17.9 Å². The zero-order valence-corrected chi connectivity index (χ0v) is 19.8. The van der Waals surface area contributed by atoms with E-state index in [1.807, 2.05) is 70.2 Å². The lowest BCUT2D eigenvalue weighted by Crippen LogP contribution is -2.33. The van der Waals surface area contributed by atoms with Gasteiger partial charge >= 0.3 is 0 Å². The topological polar surface area (TPSA) is 58.6 Å². The predicted octanol–water partition coefficient (Wildman–Crippen LogP) is 6.06. The summed E-state index contributed by atoms with van der Waals surface area (Å²) in [7, 11) is 0. The quantitative estimate of drug-likeness (QED) is 0.454. The van der Waals surface area contributed by atoms with E-state index in [4.69, 9.17) is 16.3 Å². The molecular weight excluding hydrogens is 436 g/mol. The van der Waals surface area contributed by atoms with Crippen molar-refractivity contribution in [1.29, 1.82) is 0 Å². The van der Waals surface area contributed by atoms with Crippen LogP contribution in [-0.2, 0) is 9.59 Å². The molecule has 3 aromatic carbocycles. The lowest BCUT2D eigenvalue weighted by molar-refractivity contribution is -0.120. The number of nitrogens with zero attached hydrogens (tertiary/aromatic N) is 1. The van der Waals surface area contributed by atoms with Gasteiger partial charge in [-0.25, -0.2) is 4.90 Å². The van der Waals surface area contributed by atoms with Gasteiger partial charge in [0.1, 0.15) is 11.4 Å². The summed E-state index contributed by atoms with van der Waals surface area (Å²) >= 11 is 6.20. The summed E-state index contributed by atoms with van der Waals surface area (Å²) in [6.45, 7) is 8.33. The van der Waals surface area contributed by atoms with Crippen molar-refractivity contribution in [2.75, 3.05) is 16.8 Å². The van der Waals surface area contributed by atoms with Gasteiger partial charge < -0.3 is 10.1 Å². The highest BCUT2D eigenvalue weighted by Gasteiger charge is 2.41. The minimum absolute atomic E-state index is 0.229. The van der Waals surface area contributed by atoms with Crippen LogP contribution >= 0.6 is 11.6 Å². The second-order valence-electron chi connectivity index (χ2n) is 8.01. The zero-order chi connectivity index (χ0) is 23.7. The third-order valence-corrected chi connectivity index (χ3v) is 5.96. The highest BCUT2D eigenvalue weighted by Crippen LogP contribution is 2.36. The van der Waals surface area contributed by atoms with Crippen molar-refractivity contribution < 1.29 is 14.3 Å². The molecule has 0 spiro atoms. The van der Waals surface area contributed by atoms with Gasteiger partial charge in [-0.05, 0) is 86.3 Å². The second-order valence-corrected chi connectivity index (χ2v) is 8.44. The number of hydrogen-bond donors (Lipinski definition) is 1. The molecule has 0 unspecified atom stereocenters. The molecule has 1 N–H and O–H groups in total. The molecule has 1 aliphatic rings. The lowest BCUT2D eigenvalue weighted by Gasteiger charge is -2.18. The van der Waals surface area contributed by atoms with Crippen LogP contribution in [0.15, 0.2) is 66.4 Å². The van der Waals surface area contributed by atoms with Crippen LogP contribution in [0.2, 0.25) is 5.02 Å². The average Bonchev–Trinajstić information content (AvgIpc) is 3.03. The van der Waals surface area contributed by atoms with Gasteiger partial charge in [-0.3, -0.25) is 9.59 Å². The molecule has 3 aromatic rings. The Morgan fingerprint density at radius 1 is 0.848 bits per heavy atom. The van der Waals surface area contributed by atoms with E-state index < -0.39 is 5.91 Å². The van der Waals surface area contributed by atoms with Crippen molar-refractivity contribution in [1.82, 2.24) is 0 Å². The van der Waals surface area contributed by atoms with Gasteiger partial charge in [-0.1, -0.05) is 35.9 Å². The van der Waals surface area contributed by atoms with E-state index in [-0.39, 0.29) is 11.6 Å². The van der Waals surface area contributed by atoms with Gasteiger partial charge in [0.25, 0.3) is 11.8 Å². The predicted molar refractivity (Wildman–Crippen MR) is 133 cm³/mol. The fourth-order valence-electron chi connectivity index (χ4n) is 3.80. The summed E-state index contributed by atoms with van der Waals surface area (Å²) in [6.07, 6.45) is 0. The fraction of sp³-hybridized carbons (Fsp3) is 0.185. The number of rotatable bonds is 6. The Hall–Kier alpha value is -3.57. The van der Waals surface area contributed by atoms with Crippen LogP contribution in [0.4, 0.5) is 11.4 Å². The van der Waals surface area contributed by atoms with Gasteiger partial charge in [0, 0.05) is 10.7 Å². The van der Waals surface area contributed by atoms with E-state index in [1.165, 1.54) is 4.90 Å². The van der Waals surface area contributed by atoms with E-state index in [0.717, 1.165) is 22.4 Å². The number of imide groups is 1. The van der Waals surface area contributed by atoms with Gasteiger partial charge in [0.2, 0.25) is 0 Å². The first kappa shape index (κ1) is 22.6. The molecule has 33 heavy (non-hydrogen) atoms. The molecule has 168 valence electrons. The minimum atomic E-state index is -0.424.